The molecule has 1 saturated heterocycles. The Morgan fingerprint density at radius 3 is 2.43 bits per heavy atom. The number of methoxy groups -OCH3 is 1. The zero-order valence-corrected chi connectivity index (χ0v) is 17.7. The van der Waals surface area contributed by atoms with Gasteiger partial charge in [0.2, 0.25) is 0 Å². The Morgan fingerprint density at radius 1 is 1.18 bits per heavy atom. The number of nitrogens with one attached hydrogen (secondary N) is 1. The maximum atomic E-state index is 10.1. The van der Waals surface area contributed by atoms with Crippen molar-refractivity contribution in [1.29, 1.82) is 0 Å². The van der Waals surface area contributed by atoms with Gasteiger partial charge in [0.1, 0.15) is 5.75 Å². The van der Waals surface area contributed by atoms with E-state index in [4.69, 9.17) is 16.3 Å². The van der Waals surface area contributed by atoms with Gasteiger partial charge >= 0.3 is 0 Å². The van der Waals surface area contributed by atoms with Crippen LogP contribution in [0.1, 0.15) is 37.4 Å². The molecule has 3 atom stereocenters. The van der Waals surface area contributed by atoms with E-state index in [9.17, 15) is 5.11 Å². The zero-order chi connectivity index (χ0) is 20.1. The van der Waals surface area contributed by atoms with Crippen LogP contribution in [0, 0.1) is 5.92 Å². The normalized spacial score (nSPS) is 25.2. The Kier molecular flexibility index (Phi) is 7.00. The molecule has 0 unspecified atom stereocenters. The largest absolute Gasteiger partial charge is 0.497 e. The van der Waals surface area contributed by atoms with Crippen LogP contribution in [0.3, 0.4) is 0 Å². The Labute approximate surface area is 173 Å². The standard InChI is InChI=1S/C23H31ClN2O2/c1-4-26-22(18-7-9-20(24)10-8-18)19(13-23(26,2)16-27)15-25-14-17-5-11-21(28-3)12-6-17/h5-12,19,22,25,27H,4,13-16H2,1-3H3/t19-,22+,23+/m1/s1. The summed E-state index contributed by atoms with van der Waals surface area (Å²) in [5, 5.41) is 14.5. The summed E-state index contributed by atoms with van der Waals surface area (Å²) in [5.74, 6) is 1.29. The fourth-order valence-corrected chi connectivity index (χ4v) is 4.68. The number of rotatable bonds is 8. The number of aliphatic hydroxyl groups is 1. The van der Waals surface area contributed by atoms with Gasteiger partial charge in [0.05, 0.1) is 13.7 Å². The molecule has 0 bridgehead atoms. The molecule has 3 rings (SSSR count). The molecule has 0 aromatic heterocycles. The SMILES string of the molecule is CCN1[C@@H](c2ccc(Cl)cc2)[C@@H](CNCc2ccc(OC)cc2)C[C@@]1(C)CO. The van der Waals surface area contributed by atoms with Gasteiger partial charge in [-0.2, -0.15) is 0 Å². The molecule has 2 N–H and O–H groups in total. The Bertz CT molecular complexity index is 750. The number of nitrogens with zero attached hydrogens (tertiary/aromatic N) is 1. The predicted octanol–water partition coefficient (Wildman–Crippen LogP) is 4.27. The molecule has 1 heterocycles. The summed E-state index contributed by atoms with van der Waals surface area (Å²) in [5.41, 5.74) is 2.30. The number of halogens is 1. The third-order valence-corrected chi connectivity index (χ3v) is 6.22. The highest BCUT2D eigenvalue weighted by molar-refractivity contribution is 6.30. The summed E-state index contributed by atoms with van der Waals surface area (Å²) in [6.45, 7) is 7.12. The number of benzene rings is 2. The van der Waals surface area contributed by atoms with Crippen LogP contribution in [-0.2, 0) is 6.54 Å². The van der Waals surface area contributed by atoms with Crippen molar-refractivity contribution in [3.63, 3.8) is 0 Å². The first kappa shape index (κ1) is 21.1. The molecule has 2 aromatic rings. The highest BCUT2D eigenvalue weighted by atomic mass is 35.5. The molecule has 0 spiro atoms. The number of hydrogen-bond acceptors (Lipinski definition) is 4. The van der Waals surface area contributed by atoms with Crippen LogP contribution in [0.4, 0.5) is 0 Å². The minimum atomic E-state index is -0.203. The third-order valence-electron chi connectivity index (χ3n) is 5.97. The van der Waals surface area contributed by atoms with Crippen molar-refractivity contribution in [2.45, 2.75) is 38.4 Å². The van der Waals surface area contributed by atoms with Crippen molar-refractivity contribution in [2.24, 2.45) is 5.92 Å². The molecular formula is C23H31ClN2O2. The highest BCUT2D eigenvalue weighted by Gasteiger charge is 2.47. The van der Waals surface area contributed by atoms with E-state index < -0.39 is 0 Å². The average Bonchev–Trinajstić information content (AvgIpc) is 3.01. The highest BCUT2D eigenvalue weighted by Crippen LogP contribution is 2.46. The molecule has 0 aliphatic carbocycles. The molecule has 152 valence electrons. The van der Waals surface area contributed by atoms with E-state index in [1.165, 1.54) is 11.1 Å². The maximum Gasteiger partial charge on any atom is 0.118 e. The lowest BCUT2D eigenvalue weighted by atomic mass is 9.90. The topological polar surface area (TPSA) is 44.7 Å². The van der Waals surface area contributed by atoms with E-state index in [2.05, 4.69) is 48.3 Å². The van der Waals surface area contributed by atoms with Gasteiger partial charge < -0.3 is 15.2 Å². The van der Waals surface area contributed by atoms with Crippen LogP contribution in [-0.4, -0.2) is 42.4 Å². The first-order valence-electron chi connectivity index (χ1n) is 9.97. The van der Waals surface area contributed by atoms with Crippen molar-refractivity contribution in [1.82, 2.24) is 10.2 Å². The summed E-state index contributed by atoms with van der Waals surface area (Å²) < 4.78 is 5.23. The monoisotopic (exact) mass is 402 g/mol. The second-order valence-corrected chi connectivity index (χ2v) is 8.32. The first-order valence-corrected chi connectivity index (χ1v) is 10.3. The average molecular weight is 403 g/mol. The summed E-state index contributed by atoms with van der Waals surface area (Å²) in [6.07, 6.45) is 0.959. The molecule has 0 amide bonds. The van der Waals surface area contributed by atoms with E-state index in [-0.39, 0.29) is 18.2 Å². The van der Waals surface area contributed by atoms with Crippen LogP contribution >= 0.6 is 11.6 Å². The molecule has 5 heteroatoms. The minimum Gasteiger partial charge on any atom is -0.497 e. The van der Waals surface area contributed by atoms with Crippen molar-refractivity contribution in [2.75, 3.05) is 26.8 Å². The third kappa shape index (κ3) is 4.52. The van der Waals surface area contributed by atoms with E-state index >= 15 is 0 Å². The lowest BCUT2D eigenvalue weighted by Crippen LogP contribution is -2.45. The zero-order valence-electron chi connectivity index (χ0n) is 17.0. The minimum absolute atomic E-state index is 0.167. The smallest absolute Gasteiger partial charge is 0.118 e. The number of hydrogen-bond donors (Lipinski definition) is 2. The molecule has 1 aliphatic heterocycles. The Morgan fingerprint density at radius 2 is 1.86 bits per heavy atom. The second kappa shape index (κ2) is 9.27. The molecule has 2 aromatic carbocycles. The first-order chi connectivity index (χ1) is 13.5. The number of ether oxygens (including phenoxy) is 1. The number of likely N-dealkylation sites (tertiary alicyclic amines) is 1. The maximum absolute atomic E-state index is 10.1. The predicted molar refractivity (Wildman–Crippen MR) is 115 cm³/mol. The fraction of sp³-hybridized carbons (Fsp3) is 0.478. The van der Waals surface area contributed by atoms with Gasteiger partial charge in [-0.15, -0.1) is 0 Å². The molecule has 4 nitrogen and oxygen atoms in total. The quantitative estimate of drug-likeness (QED) is 0.692. The summed E-state index contributed by atoms with van der Waals surface area (Å²) in [6, 6.07) is 16.6. The van der Waals surface area contributed by atoms with Gasteiger partial charge in [-0.1, -0.05) is 42.8 Å². The Hall–Kier alpha value is -1.59. The number of aliphatic hydroxyl groups excluding tert-OH is 1. The van der Waals surface area contributed by atoms with Gasteiger partial charge in [0.25, 0.3) is 0 Å². The van der Waals surface area contributed by atoms with Crippen molar-refractivity contribution >= 4 is 11.6 Å². The van der Waals surface area contributed by atoms with Crippen LogP contribution < -0.4 is 10.1 Å². The number of likely N-dealkylation sites (N-methyl/N-ethyl adjacent to an activating group) is 1. The summed E-state index contributed by atoms with van der Waals surface area (Å²) >= 11 is 6.11. The molecule has 0 radical (unpaired) electrons. The van der Waals surface area contributed by atoms with Crippen LogP contribution in [0.5, 0.6) is 5.75 Å². The van der Waals surface area contributed by atoms with E-state index in [1.807, 2.05) is 24.3 Å². The van der Waals surface area contributed by atoms with Crippen molar-refractivity contribution < 1.29 is 9.84 Å². The van der Waals surface area contributed by atoms with E-state index in [0.717, 1.165) is 36.8 Å². The van der Waals surface area contributed by atoms with Crippen LogP contribution in [0.15, 0.2) is 48.5 Å². The van der Waals surface area contributed by atoms with Crippen LogP contribution in [0.2, 0.25) is 5.02 Å². The van der Waals surface area contributed by atoms with Crippen molar-refractivity contribution in [3.05, 3.63) is 64.7 Å². The summed E-state index contributed by atoms with van der Waals surface area (Å²) in [7, 11) is 1.68. The molecule has 0 saturated carbocycles. The van der Waals surface area contributed by atoms with Gasteiger partial charge in [-0.3, -0.25) is 4.90 Å². The Balaban J connectivity index is 1.73. The van der Waals surface area contributed by atoms with Gasteiger partial charge in [-0.05, 0) is 61.2 Å². The van der Waals surface area contributed by atoms with E-state index in [0.29, 0.717) is 5.92 Å². The lowest BCUT2D eigenvalue weighted by Gasteiger charge is -2.37. The van der Waals surface area contributed by atoms with Crippen LogP contribution in [0.25, 0.3) is 0 Å². The molecule has 1 fully saturated rings. The van der Waals surface area contributed by atoms with Gasteiger partial charge in [0, 0.05) is 29.7 Å². The van der Waals surface area contributed by atoms with E-state index in [1.54, 1.807) is 7.11 Å². The van der Waals surface area contributed by atoms with Gasteiger partial charge in [-0.25, -0.2) is 0 Å². The molecular weight excluding hydrogens is 372 g/mol. The summed E-state index contributed by atoms with van der Waals surface area (Å²) in [4.78, 5) is 2.44. The second-order valence-electron chi connectivity index (χ2n) is 7.88. The van der Waals surface area contributed by atoms with Crippen molar-refractivity contribution in [3.8, 4) is 5.75 Å². The molecule has 1 aliphatic rings. The van der Waals surface area contributed by atoms with Gasteiger partial charge in [0.15, 0.2) is 0 Å². The lowest BCUT2D eigenvalue weighted by molar-refractivity contribution is 0.0579. The molecule has 28 heavy (non-hydrogen) atoms. The fourth-order valence-electron chi connectivity index (χ4n) is 4.56.